The number of hydrogen-bond donors (Lipinski definition) is 2. The van der Waals surface area contributed by atoms with Gasteiger partial charge in [0.25, 0.3) is 5.91 Å². The van der Waals surface area contributed by atoms with Gasteiger partial charge < -0.3 is 14.7 Å². The summed E-state index contributed by atoms with van der Waals surface area (Å²) >= 11 is 0. The summed E-state index contributed by atoms with van der Waals surface area (Å²) in [4.78, 5) is 13.8. The predicted molar refractivity (Wildman–Crippen MR) is 105 cm³/mol. The van der Waals surface area contributed by atoms with Gasteiger partial charge >= 0.3 is 0 Å². The van der Waals surface area contributed by atoms with Crippen LogP contribution in [0.1, 0.15) is 42.0 Å². The Morgan fingerprint density at radius 1 is 1.26 bits per heavy atom. The van der Waals surface area contributed by atoms with Crippen LogP contribution in [0.2, 0.25) is 0 Å². The fourth-order valence-electron chi connectivity index (χ4n) is 3.29. The first kappa shape index (κ1) is 18.8. The predicted octanol–water partition coefficient (Wildman–Crippen LogP) is 3.13. The Morgan fingerprint density at radius 2 is 1.96 bits per heavy atom. The number of phenols is 1. The van der Waals surface area contributed by atoms with Gasteiger partial charge in [0.15, 0.2) is 5.84 Å². The number of hydrazone groups is 1. The van der Waals surface area contributed by atoms with Gasteiger partial charge in [-0.1, -0.05) is 26.0 Å². The van der Waals surface area contributed by atoms with Crippen molar-refractivity contribution in [2.24, 2.45) is 5.10 Å². The van der Waals surface area contributed by atoms with Gasteiger partial charge in [-0.25, -0.2) is 5.43 Å². The van der Waals surface area contributed by atoms with E-state index in [9.17, 15) is 9.90 Å². The number of amidine groups is 1. The van der Waals surface area contributed by atoms with Crippen molar-refractivity contribution in [3.8, 4) is 11.5 Å². The molecule has 142 valence electrons. The monoisotopic (exact) mass is 367 g/mol. The lowest BCUT2D eigenvalue weighted by Crippen LogP contribution is -2.45. The Morgan fingerprint density at radius 3 is 2.59 bits per heavy atom. The van der Waals surface area contributed by atoms with Crippen LogP contribution < -0.4 is 10.2 Å². The Hall–Kier alpha value is -3.02. The number of amides is 1. The van der Waals surface area contributed by atoms with Crippen molar-refractivity contribution in [3.05, 3.63) is 58.7 Å². The Balaban J connectivity index is 1.96. The maximum absolute atomic E-state index is 11.9. The van der Waals surface area contributed by atoms with Crippen molar-refractivity contribution in [2.75, 3.05) is 13.7 Å². The molecule has 2 aromatic carbocycles. The molecular formula is C21H25N3O3. The lowest BCUT2D eigenvalue weighted by Gasteiger charge is -2.29. The lowest BCUT2D eigenvalue weighted by atomic mass is 9.94. The highest BCUT2D eigenvalue weighted by atomic mass is 16.5. The summed E-state index contributed by atoms with van der Waals surface area (Å²) in [5.41, 5.74) is 6.36. The zero-order chi connectivity index (χ0) is 19.6. The highest BCUT2D eigenvalue weighted by Gasteiger charge is 2.25. The summed E-state index contributed by atoms with van der Waals surface area (Å²) in [5, 5.41) is 14.8. The number of carbonyl (C=O) groups is 1. The first-order valence-electron chi connectivity index (χ1n) is 8.97. The highest BCUT2D eigenvalue weighted by molar-refractivity contribution is 6.04. The molecule has 0 fully saturated rings. The average Bonchev–Trinajstić information content (AvgIpc) is 2.63. The quantitative estimate of drug-likeness (QED) is 0.851. The van der Waals surface area contributed by atoms with Crippen LogP contribution in [0.15, 0.2) is 41.5 Å². The summed E-state index contributed by atoms with van der Waals surface area (Å²) in [6.07, 6.45) is 0. The molecule has 1 aliphatic heterocycles. The molecule has 0 aliphatic carbocycles. The normalized spacial score (nSPS) is 14.2. The number of aromatic hydroxyl groups is 1. The molecule has 0 unspecified atom stereocenters. The van der Waals surface area contributed by atoms with E-state index >= 15 is 0 Å². The molecule has 0 spiro atoms. The highest BCUT2D eigenvalue weighted by Crippen LogP contribution is 2.29. The van der Waals surface area contributed by atoms with Crippen LogP contribution in [0.5, 0.6) is 11.5 Å². The number of nitrogens with one attached hydrogen (secondary N) is 1. The summed E-state index contributed by atoms with van der Waals surface area (Å²) in [5.74, 6) is 1.64. The third-order valence-corrected chi connectivity index (χ3v) is 4.70. The van der Waals surface area contributed by atoms with Crippen molar-refractivity contribution in [1.82, 2.24) is 10.3 Å². The number of hydrogen-bond acceptors (Lipinski definition) is 5. The minimum absolute atomic E-state index is 0.159. The third kappa shape index (κ3) is 4.05. The molecule has 6 nitrogen and oxygen atoms in total. The lowest BCUT2D eigenvalue weighted by molar-refractivity contribution is -0.122. The number of aryl methyl sites for hydroxylation is 1. The topological polar surface area (TPSA) is 74.2 Å². The largest absolute Gasteiger partial charge is 0.507 e. The van der Waals surface area contributed by atoms with Gasteiger partial charge in [-0.3, -0.25) is 4.79 Å². The third-order valence-electron chi connectivity index (χ3n) is 4.70. The van der Waals surface area contributed by atoms with Gasteiger partial charge in [-0.15, -0.1) is 0 Å². The summed E-state index contributed by atoms with van der Waals surface area (Å²) < 4.78 is 5.19. The molecule has 0 radical (unpaired) electrons. The maximum atomic E-state index is 11.9. The molecular weight excluding hydrogens is 342 g/mol. The van der Waals surface area contributed by atoms with E-state index in [2.05, 4.69) is 24.4 Å². The summed E-state index contributed by atoms with van der Waals surface area (Å²) in [6.45, 7) is 6.89. The molecule has 0 atom stereocenters. The Kier molecular flexibility index (Phi) is 5.35. The van der Waals surface area contributed by atoms with E-state index in [0.717, 1.165) is 22.4 Å². The maximum Gasteiger partial charge on any atom is 0.259 e. The standard InChI is InChI=1S/C21H25N3O3/c1-13(2)17-10-18(19(25)9-14(17)3)21-23-22-20(26)12-24(21)11-15-5-7-16(27-4)8-6-15/h5-10,13,25H,11-12H2,1-4H3,(H,22,26). The molecule has 1 amide bonds. The molecule has 0 saturated heterocycles. The second-order valence-corrected chi connectivity index (χ2v) is 7.06. The van der Waals surface area contributed by atoms with Crippen molar-refractivity contribution in [3.63, 3.8) is 0 Å². The van der Waals surface area contributed by atoms with E-state index in [1.807, 2.05) is 42.2 Å². The molecule has 0 bridgehead atoms. The van der Waals surface area contributed by atoms with Gasteiger partial charge in [0.05, 0.1) is 12.7 Å². The number of rotatable bonds is 5. The van der Waals surface area contributed by atoms with Crippen LogP contribution in [-0.2, 0) is 11.3 Å². The number of methoxy groups -OCH3 is 1. The van der Waals surface area contributed by atoms with Crippen LogP contribution in [0.4, 0.5) is 0 Å². The van der Waals surface area contributed by atoms with Crippen molar-refractivity contribution in [1.29, 1.82) is 0 Å². The van der Waals surface area contributed by atoms with Crippen molar-refractivity contribution in [2.45, 2.75) is 33.2 Å². The molecule has 27 heavy (non-hydrogen) atoms. The molecule has 0 saturated carbocycles. The van der Waals surface area contributed by atoms with Crippen LogP contribution in [-0.4, -0.2) is 35.4 Å². The van der Waals surface area contributed by atoms with Crippen molar-refractivity contribution >= 4 is 11.7 Å². The smallest absolute Gasteiger partial charge is 0.259 e. The zero-order valence-corrected chi connectivity index (χ0v) is 16.1. The van der Waals surface area contributed by atoms with E-state index < -0.39 is 0 Å². The molecule has 2 N–H and O–H groups in total. The fraction of sp³-hybridized carbons (Fsp3) is 0.333. The van der Waals surface area contributed by atoms with Gasteiger partial charge in [0, 0.05) is 6.54 Å². The van der Waals surface area contributed by atoms with Gasteiger partial charge in [-0.05, 0) is 53.8 Å². The number of ether oxygens (including phenoxy) is 1. The van der Waals surface area contributed by atoms with Crippen molar-refractivity contribution < 1.29 is 14.6 Å². The molecule has 1 heterocycles. The minimum Gasteiger partial charge on any atom is -0.507 e. The molecule has 0 aromatic heterocycles. The Labute approximate surface area is 159 Å². The zero-order valence-electron chi connectivity index (χ0n) is 16.1. The Bertz CT molecular complexity index is 873. The minimum atomic E-state index is -0.178. The number of nitrogens with zero attached hydrogens (tertiary/aromatic N) is 2. The number of phenolic OH excluding ortho intramolecular Hbond substituents is 1. The van der Waals surface area contributed by atoms with Crippen LogP contribution in [0.25, 0.3) is 0 Å². The van der Waals surface area contributed by atoms with Crippen LogP contribution >= 0.6 is 0 Å². The molecule has 6 heteroatoms. The number of benzene rings is 2. The van der Waals surface area contributed by atoms with E-state index in [0.29, 0.717) is 23.9 Å². The molecule has 3 rings (SSSR count). The van der Waals surface area contributed by atoms with Gasteiger partial charge in [0.1, 0.15) is 18.0 Å². The van der Waals surface area contributed by atoms with Crippen LogP contribution in [0, 0.1) is 6.92 Å². The summed E-state index contributed by atoms with van der Waals surface area (Å²) in [6, 6.07) is 11.4. The van der Waals surface area contributed by atoms with Gasteiger partial charge in [0.2, 0.25) is 0 Å². The SMILES string of the molecule is COc1ccc(CN2CC(=O)NN=C2c2cc(C(C)C)c(C)cc2O)cc1. The first-order valence-corrected chi connectivity index (χ1v) is 8.97. The number of carbonyl (C=O) groups excluding carboxylic acids is 1. The average molecular weight is 367 g/mol. The second-order valence-electron chi connectivity index (χ2n) is 7.06. The first-order chi connectivity index (χ1) is 12.9. The van der Waals surface area contributed by atoms with E-state index in [1.54, 1.807) is 13.2 Å². The van der Waals surface area contributed by atoms with E-state index in [1.165, 1.54) is 0 Å². The fourth-order valence-corrected chi connectivity index (χ4v) is 3.29. The second kappa shape index (κ2) is 7.70. The molecule has 2 aromatic rings. The molecule has 1 aliphatic rings. The van der Waals surface area contributed by atoms with Gasteiger partial charge in [-0.2, -0.15) is 5.10 Å². The summed E-state index contributed by atoms with van der Waals surface area (Å²) in [7, 11) is 1.63. The van der Waals surface area contributed by atoms with E-state index in [-0.39, 0.29) is 18.2 Å². The van der Waals surface area contributed by atoms with Crippen LogP contribution in [0.3, 0.4) is 0 Å². The van der Waals surface area contributed by atoms with E-state index in [4.69, 9.17) is 4.74 Å².